The highest BCUT2D eigenvalue weighted by molar-refractivity contribution is 6.35. The van der Waals surface area contributed by atoms with Gasteiger partial charge in [-0.15, -0.1) is 0 Å². The normalized spacial score (nSPS) is 11.3. The van der Waals surface area contributed by atoms with Crippen LogP contribution in [-0.2, 0) is 0 Å². The van der Waals surface area contributed by atoms with Crippen molar-refractivity contribution in [3.05, 3.63) is 0 Å². The van der Waals surface area contributed by atoms with E-state index in [1.165, 1.54) is 0 Å². The van der Waals surface area contributed by atoms with Crippen LogP contribution in [0.2, 0.25) is 5.31 Å². The summed E-state index contributed by atoms with van der Waals surface area (Å²) in [6.45, 7) is 6.19. The first kappa shape index (κ1) is 6.02. The minimum absolute atomic E-state index is 0.194. The Morgan fingerprint density at radius 2 is 1.50 bits per heavy atom. The van der Waals surface area contributed by atoms with Crippen LogP contribution in [0.1, 0.15) is 20.8 Å². The van der Waals surface area contributed by atoms with Gasteiger partial charge in [-0.05, 0) is 5.31 Å². The largest absolute Gasteiger partial charge is 0.374 e. The van der Waals surface area contributed by atoms with Crippen LogP contribution in [0.25, 0.3) is 0 Å². The molecule has 1 radical (unpaired) electrons. The summed E-state index contributed by atoms with van der Waals surface area (Å²) in [6.07, 6.45) is 0. The lowest BCUT2D eigenvalue weighted by Gasteiger charge is -2.10. The summed E-state index contributed by atoms with van der Waals surface area (Å²) in [5.41, 5.74) is 5.18. The number of nitrogens with two attached hydrogens (primary N) is 1. The van der Waals surface area contributed by atoms with Gasteiger partial charge in [0.25, 0.3) is 0 Å². The van der Waals surface area contributed by atoms with Crippen LogP contribution in [-0.4, -0.2) is 7.41 Å². The van der Waals surface area contributed by atoms with Gasteiger partial charge in [0, 0.05) is 0 Å². The lowest BCUT2D eigenvalue weighted by molar-refractivity contribution is 0.752. The quantitative estimate of drug-likeness (QED) is 0.431. The molecule has 0 aromatic rings. The molecular weight excluding hydrogens is 72.9 g/mol. The smallest absolute Gasteiger partial charge is 0.208 e. The summed E-state index contributed by atoms with van der Waals surface area (Å²) < 4.78 is 0. The van der Waals surface area contributed by atoms with Gasteiger partial charge in [-0.2, -0.15) is 0 Å². The molecule has 2 heteroatoms. The van der Waals surface area contributed by atoms with Gasteiger partial charge in [-0.3, -0.25) is 0 Å². The van der Waals surface area contributed by atoms with Gasteiger partial charge in [-0.1, -0.05) is 20.8 Å². The van der Waals surface area contributed by atoms with Crippen LogP contribution in [0.5, 0.6) is 0 Å². The lowest BCUT2D eigenvalue weighted by Crippen LogP contribution is -2.17. The molecule has 0 fully saturated rings. The van der Waals surface area contributed by atoms with Crippen molar-refractivity contribution in [3.8, 4) is 0 Å². The summed E-state index contributed by atoms with van der Waals surface area (Å²) in [5, 5.41) is 0.194. The summed E-state index contributed by atoms with van der Waals surface area (Å²) in [5.74, 6) is 0. The van der Waals surface area contributed by atoms with E-state index in [-0.39, 0.29) is 5.31 Å². The maximum atomic E-state index is 5.18. The zero-order valence-electron chi connectivity index (χ0n) is 4.65. The van der Waals surface area contributed by atoms with E-state index in [4.69, 9.17) is 5.64 Å². The highest BCUT2D eigenvalue weighted by Gasteiger charge is 2.06. The Balaban J connectivity index is 3.17. The van der Waals surface area contributed by atoms with Gasteiger partial charge in [0.2, 0.25) is 7.41 Å². The molecule has 0 aliphatic heterocycles. The third-order valence-corrected chi connectivity index (χ3v) is 0.500. The van der Waals surface area contributed by atoms with Crippen LogP contribution in [0.15, 0.2) is 0 Å². The third-order valence-electron chi connectivity index (χ3n) is 0.500. The predicted molar refractivity (Wildman–Crippen MR) is 29.7 cm³/mol. The predicted octanol–water partition coefficient (Wildman–Crippen LogP) is 0.783. The zero-order chi connectivity index (χ0) is 5.21. The van der Waals surface area contributed by atoms with E-state index in [0.29, 0.717) is 0 Å². The molecule has 2 N–H and O–H groups in total. The molecule has 0 saturated carbocycles. The van der Waals surface area contributed by atoms with E-state index in [2.05, 4.69) is 20.8 Å². The topological polar surface area (TPSA) is 26.0 Å². The van der Waals surface area contributed by atoms with E-state index >= 15 is 0 Å². The highest BCUT2D eigenvalue weighted by atomic mass is 14.4. The minimum Gasteiger partial charge on any atom is -0.374 e. The van der Waals surface area contributed by atoms with E-state index in [9.17, 15) is 0 Å². The number of hydrogen-bond acceptors (Lipinski definition) is 1. The molecule has 6 heavy (non-hydrogen) atoms. The first-order valence-electron chi connectivity index (χ1n) is 2.12. The van der Waals surface area contributed by atoms with Crippen LogP contribution in [0, 0.1) is 0 Å². The Morgan fingerprint density at radius 1 is 1.33 bits per heavy atom. The molecule has 0 aromatic carbocycles. The van der Waals surface area contributed by atoms with Gasteiger partial charge in [0.15, 0.2) is 0 Å². The minimum atomic E-state index is 0.194. The van der Waals surface area contributed by atoms with Crippen molar-refractivity contribution >= 4 is 7.41 Å². The van der Waals surface area contributed by atoms with Gasteiger partial charge >= 0.3 is 0 Å². The second-order valence-electron chi connectivity index (χ2n) is 2.53. The van der Waals surface area contributed by atoms with Crippen molar-refractivity contribution in [1.29, 1.82) is 0 Å². The number of rotatable bonds is 0. The Bertz CT molecular complexity index is 37.3. The summed E-state index contributed by atoms with van der Waals surface area (Å²) in [7, 11) is 1.69. The second kappa shape index (κ2) is 1.65. The van der Waals surface area contributed by atoms with Crippen LogP contribution < -0.4 is 5.64 Å². The Morgan fingerprint density at radius 3 is 1.50 bits per heavy atom. The summed E-state index contributed by atoms with van der Waals surface area (Å²) >= 11 is 0. The average Bonchev–Trinajstić information content (AvgIpc) is 1.35. The lowest BCUT2D eigenvalue weighted by atomic mass is 9.66. The molecule has 0 unspecified atom stereocenters. The van der Waals surface area contributed by atoms with E-state index in [1.807, 2.05) is 0 Å². The van der Waals surface area contributed by atoms with Crippen molar-refractivity contribution in [2.24, 2.45) is 5.64 Å². The Hall–Kier alpha value is 0.0249. The fraction of sp³-hybridized carbons (Fsp3) is 1.00. The molecule has 0 spiro atoms. The SMILES string of the molecule is CC(C)(C)[B]N. The molecule has 1 nitrogen and oxygen atoms in total. The van der Waals surface area contributed by atoms with E-state index in [1.54, 1.807) is 7.41 Å². The molecule has 0 atom stereocenters. The number of hydrogen-bond donors (Lipinski definition) is 1. The van der Waals surface area contributed by atoms with Crippen molar-refractivity contribution in [2.75, 3.05) is 0 Å². The fourth-order valence-electron chi connectivity index (χ4n) is 0. The molecule has 0 saturated heterocycles. The van der Waals surface area contributed by atoms with Crippen molar-refractivity contribution in [2.45, 2.75) is 26.1 Å². The van der Waals surface area contributed by atoms with Crippen LogP contribution in [0.4, 0.5) is 0 Å². The first-order chi connectivity index (χ1) is 2.56. The maximum Gasteiger partial charge on any atom is 0.208 e. The van der Waals surface area contributed by atoms with Crippen molar-refractivity contribution in [3.63, 3.8) is 0 Å². The molecule has 0 heterocycles. The average molecular weight is 84.0 g/mol. The third kappa shape index (κ3) is 4.02. The maximum absolute atomic E-state index is 5.18. The molecule has 0 amide bonds. The molecule has 0 bridgehead atoms. The van der Waals surface area contributed by atoms with Gasteiger partial charge < -0.3 is 5.64 Å². The first-order valence-corrected chi connectivity index (χ1v) is 2.12. The monoisotopic (exact) mass is 84.1 g/mol. The Kier molecular flexibility index (Phi) is 1.66. The molecular formula is C4H11BN. The van der Waals surface area contributed by atoms with Gasteiger partial charge in [0.05, 0.1) is 0 Å². The molecule has 0 aromatic heterocycles. The zero-order valence-corrected chi connectivity index (χ0v) is 4.65. The molecule has 0 aliphatic carbocycles. The van der Waals surface area contributed by atoms with Gasteiger partial charge in [-0.25, -0.2) is 0 Å². The van der Waals surface area contributed by atoms with E-state index in [0.717, 1.165) is 0 Å². The summed E-state index contributed by atoms with van der Waals surface area (Å²) in [6, 6.07) is 0. The molecule has 0 rings (SSSR count). The van der Waals surface area contributed by atoms with Crippen LogP contribution >= 0.6 is 0 Å². The van der Waals surface area contributed by atoms with Gasteiger partial charge in [0.1, 0.15) is 0 Å². The Labute approximate surface area is 40.2 Å². The molecule has 0 aliphatic rings. The van der Waals surface area contributed by atoms with Crippen molar-refractivity contribution < 1.29 is 0 Å². The standard InChI is InChI=1S/C4H11BN/c1-4(2,3)5-6/h6H2,1-3H3. The summed E-state index contributed by atoms with van der Waals surface area (Å²) in [4.78, 5) is 0. The molecule has 35 valence electrons. The highest BCUT2D eigenvalue weighted by Crippen LogP contribution is 2.16. The second-order valence-corrected chi connectivity index (χ2v) is 2.53. The fourth-order valence-corrected chi connectivity index (χ4v) is 0. The van der Waals surface area contributed by atoms with E-state index < -0.39 is 0 Å². The van der Waals surface area contributed by atoms with Crippen molar-refractivity contribution in [1.82, 2.24) is 0 Å². The van der Waals surface area contributed by atoms with Crippen LogP contribution in [0.3, 0.4) is 0 Å².